The highest BCUT2D eigenvalue weighted by Crippen LogP contribution is 2.36. The molecule has 4 N–H and O–H groups in total. The van der Waals surface area contributed by atoms with Crippen molar-refractivity contribution < 1.29 is 45.5 Å². The van der Waals surface area contributed by atoms with Gasteiger partial charge >= 0.3 is 11.9 Å². The summed E-state index contributed by atoms with van der Waals surface area (Å²) in [7, 11) is -8.05. The van der Waals surface area contributed by atoms with Crippen LogP contribution in [0.15, 0.2) is 105 Å². The number of carbonyl (C=O) groups is 4. The van der Waals surface area contributed by atoms with Crippen LogP contribution in [0.2, 0.25) is 10.0 Å². The first kappa shape index (κ1) is 47.9. The molecule has 0 bridgehead atoms. The van der Waals surface area contributed by atoms with Crippen LogP contribution in [0, 0.1) is 0 Å². The Labute approximate surface area is 356 Å². The maximum atomic E-state index is 12.4. The minimum atomic E-state index is -4.03. The second-order valence-corrected chi connectivity index (χ2v) is 20.4. The molecule has 20 heteroatoms. The van der Waals surface area contributed by atoms with Gasteiger partial charge in [0.2, 0.25) is 20.0 Å². The Kier molecular flexibility index (Phi) is 16.1. The minimum absolute atomic E-state index is 0.00385. The number of nitrogen functional groups attached to an aromatic ring is 1. The van der Waals surface area contributed by atoms with Crippen molar-refractivity contribution in [2.75, 3.05) is 32.6 Å². The molecule has 58 heavy (non-hydrogen) atoms. The molecule has 0 aromatic heterocycles. The number of hydrogen-bond donors (Lipinski definition) is 3. The highest BCUT2D eigenvalue weighted by molar-refractivity contribution is 8.09. The van der Waals surface area contributed by atoms with Crippen LogP contribution in [-0.2, 0) is 48.7 Å². The molecule has 0 aliphatic rings. The van der Waals surface area contributed by atoms with E-state index in [0.717, 1.165) is 22.3 Å². The van der Waals surface area contributed by atoms with Crippen molar-refractivity contribution in [3.8, 4) is 0 Å². The van der Waals surface area contributed by atoms with Crippen molar-refractivity contribution in [2.45, 2.75) is 72.3 Å². The Morgan fingerprint density at radius 3 is 1.24 bits per heavy atom. The number of benzene rings is 4. The zero-order valence-electron chi connectivity index (χ0n) is 32.6. The third-order valence-electron chi connectivity index (χ3n) is 7.27. The number of carbonyl (C=O) groups excluding carboxylic acids is 4. The molecule has 0 heterocycles. The first-order valence-electron chi connectivity index (χ1n) is 16.8. The van der Waals surface area contributed by atoms with Gasteiger partial charge in [0, 0.05) is 39.1 Å². The van der Waals surface area contributed by atoms with E-state index in [1.807, 2.05) is 30.3 Å². The van der Waals surface area contributed by atoms with E-state index in [1.165, 1.54) is 77.2 Å². The number of esters is 2. The van der Waals surface area contributed by atoms with Crippen LogP contribution in [0.25, 0.3) is 0 Å². The van der Waals surface area contributed by atoms with Crippen LogP contribution in [0.4, 0.5) is 22.7 Å². The summed E-state index contributed by atoms with van der Waals surface area (Å²) in [5.74, 6) is -2.11. The number of halogens is 2. The molecule has 0 unspecified atom stereocenters. The fourth-order valence-corrected chi connectivity index (χ4v) is 10.0. The number of anilines is 4. The second kappa shape index (κ2) is 19.5. The number of nitrogens with two attached hydrogens (primary N) is 1. The summed E-state index contributed by atoms with van der Waals surface area (Å²) in [5.41, 5.74) is 4.49. The molecule has 2 amide bonds. The molecule has 0 saturated heterocycles. The Bertz CT molecular complexity index is 2360. The zero-order chi connectivity index (χ0) is 43.8. The maximum Gasteiger partial charge on any atom is 0.303 e. The average Bonchev–Trinajstić information content (AvgIpc) is 3.07. The molecule has 0 atom stereocenters. The smallest absolute Gasteiger partial charge is 0.303 e. The molecular weight excluding hydrogens is 872 g/mol. The fourth-order valence-electron chi connectivity index (χ4n) is 4.75. The van der Waals surface area contributed by atoms with Crippen molar-refractivity contribution in [1.82, 2.24) is 0 Å². The molecular formula is C38H42Cl2N4O10S4. The minimum Gasteiger partial charge on any atom is -0.450 e. The lowest BCUT2D eigenvalue weighted by atomic mass is 10.1. The van der Waals surface area contributed by atoms with Crippen molar-refractivity contribution in [2.24, 2.45) is 0 Å². The molecule has 4 aromatic carbocycles. The lowest BCUT2D eigenvalue weighted by Crippen LogP contribution is -2.41. The largest absolute Gasteiger partial charge is 0.450 e. The van der Waals surface area contributed by atoms with Crippen LogP contribution < -0.4 is 20.1 Å². The first-order valence-corrected chi connectivity index (χ1v) is 22.9. The standard InChI is InChI=1S/C20H23ClN2O7S3.C18H19ClN2O3S/c1-13(24)30-20(2,3)19(25)22-18-11-10-16(12-17(18)21)31-15-8-6-14(7-9-15)23(32(4,26)27)33(5,28)29;1-11(22)24-18(2,3)17(23)21-16-9-8-14(10-15(16)19)25-13-6-4-12(20)5-7-13/h6-12H,1-5H3,(H,22,25);4-10H,20H2,1-3H3,(H,21,23). The topological polar surface area (TPSA) is 208 Å². The monoisotopic (exact) mass is 912 g/mol. The molecule has 4 rings (SSSR count). The van der Waals surface area contributed by atoms with Gasteiger partial charge in [-0.25, -0.2) is 16.8 Å². The Morgan fingerprint density at radius 1 is 0.603 bits per heavy atom. The van der Waals surface area contributed by atoms with Crippen molar-refractivity contribution in [3.05, 3.63) is 95.0 Å². The summed E-state index contributed by atoms with van der Waals surface area (Å²) >= 11 is 15.4. The second-order valence-electron chi connectivity index (χ2n) is 13.4. The van der Waals surface area contributed by atoms with Gasteiger partial charge in [-0.3, -0.25) is 19.2 Å². The van der Waals surface area contributed by atoms with E-state index in [1.54, 1.807) is 42.5 Å². The molecule has 312 valence electrons. The molecule has 0 saturated carbocycles. The predicted octanol–water partition coefficient (Wildman–Crippen LogP) is 7.85. The maximum absolute atomic E-state index is 12.4. The van der Waals surface area contributed by atoms with Gasteiger partial charge in [0.1, 0.15) is 0 Å². The number of nitrogens with one attached hydrogen (secondary N) is 2. The lowest BCUT2D eigenvalue weighted by molar-refractivity contribution is -0.160. The van der Waals surface area contributed by atoms with Gasteiger partial charge in [-0.05, 0) is 113 Å². The number of amides is 2. The highest BCUT2D eigenvalue weighted by Gasteiger charge is 2.33. The summed E-state index contributed by atoms with van der Waals surface area (Å²) in [6, 6.07) is 23.7. The SMILES string of the molecule is CC(=O)OC(C)(C)C(=O)Nc1ccc(Sc2ccc(N(S(C)(=O)=O)S(C)(=O)=O)cc2)cc1Cl.CC(=O)OC(C)(C)C(=O)Nc1ccc(Sc2ccc(N)cc2)cc1Cl. The quantitative estimate of drug-likeness (QED) is 0.0864. The summed E-state index contributed by atoms with van der Waals surface area (Å²) in [6.07, 6.45) is 1.62. The van der Waals surface area contributed by atoms with Crippen molar-refractivity contribution in [3.63, 3.8) is 0 Å². The lowest BCUT2D eigenvalue weighted by Gasteiger charge is -2.23. The van der Waals surface area contributed by atoms with Crippen LogP contribution in [0.1, 0.15) is 41.5 Å². The van der Waals surface area contributed by atoms with E-state index in [9.17, 15) is 36.0 Å². The molecule has 4 aromatic rings. The van der Waals surface area contributed by atoms with E-state index in [4.69, 9.17) is 38.4 Å². The van der Waals surface area contributed by atoms with E-state index in [2.05, 4.69) is 10.6 Å². The Hall–Kier alpha value is -4.46. The van der Waals surface area contributed by atoms with Gasteiger partial charge in [-0.1, -0.05) is 46.7 Å². The van der Waals surface area contributed by atoms with Crippen LogP contribution >= 0.6 is 46.7 Å². The number of rotatable bonds is 13. The van der Waals surface area contributed by atoms with E-state index >= 15 is 0 Å². The summed E-state index contributed by atoms with van der Waals surface area (Å²) < 4.78 is 57.9. The van der Waals surface area contributed by atoms with Gasteiger partial charge in [-0.15, -0.1) is 0 Å². The summed E-state index contributed by atoms with van der Waals surface area (Å²) in [5, 5.41) is 5.95. The van der Waals surface area contributed by atoms with Crippen LogP contribution in [0.3, 0.4) is 0 Å². The number of ether oxygens (including phenoxy) is 2. The molecule has 0 radical (unpaired) electrons. The molecule has 14 nitrogen and oxygen atoms in total. The van der Waals surface area contributed by atoms with Gasteiger partial charge < -0.3 is 25.8 Å². The van der Waals surface area contributed by atoms with E-state index in [-0.39, 0.29) is 10.7 Å². The fraction of sp³-hybridized carbons (Fsp3) is 0.263. The van der Waals surface area contributed by atoms with E-state index in [0.29, 0.717) is 35.6 Å². The van der Waals surface area contributed by atoms with Gasteiger partial charge in [-0.2, -0.15) is 3.71 Å². The zero-order valence-corrected chi connectivity index (χ0v) is 37.4. The third-order valence-corrected chi connectivity index (χ3v) is 13.1. The van der Waals surface area contributed by atoms with Gasteiger partial charge in [0.15, 0.2) is 11.2 Å². The van der Waals surface area contributed by atoms with E-state index < -0.39 is 55.0 Å². The normalized spacial score (nSPS) is 11.7. The number of hydrogen-bond acceptors (Lipinski definition) is 13. The average molecular weight is 914 g/mol. The summed E-state index contributed by atoms with van der Waals surface area (Å²) in [6.45, 7) is 8.41. The van der Waals surface area contributed by atoms with Crippen molar-refractivity contribution >= 4 is 113 Å². The predicted molar refractivity (Wildman–Crippen MR) is 230 cm³/mol. The van der Waals surface area contributed by atoms with Crippen LogP contribution in [0.5, 0.6) is 0 Å². The van der Waals surface area contributed by atoms with Crippen LogP contribution in [-0.4, -0.2) is 64.3 Å². The summed E-state index contributed by atoms with van der Waals surface area (Å²) in [4.78, 5) is 50.3. The molecule has 0 fully saturated rings. The van der Waals surface area contributed by atoms with Crippen molar-refractivity contribution in [1.29, 1.82) is 0 Å². The first-order chi connectivity index (χ1) is 26.7. The highest BCUT2D eigenvalue weighted by atomic mass is 35.5. The van der Waals surface area contributed by atoms with Gasteiger partial charge in [0.05, 0.1) is 39.6 Å². The third kappa shape index (κ3) is 14.4. The Morgan fingerprint density at radius 2 is 0.931 bits per heavy atom. The molecule has 0 aliphatic carbocycles. The number of nitrogens with zero attached hydrogens (tertiary/aromatic N) is 1. The number of sulfonamides is 2. The molecule has 0 spiro atoms. The molecule has 0 aliphatic heterocycles. The Balaban J connectivity index is 0.000000322. The van der Waals surface area contributed by atoms with Gasteiger partial charge in [0.25, 0.3) is 11.8 Å².